The zero-order chi connectivity index (χ0) is 22.2. The zero-order valence-corrected chi connectivity index (χ0v) is 17.7. The second-order valence-electron chi connectivity index (χ2n) is 7.96. The Morgan fingerprint density at radius 1 is 1.22 bits per heavy atom. The van der Waals surface area contributed by atoms with Crippen LogP contribution in [0.5, 0.6) is 0 Å². The van der Waals surface area contributed by atoms with Gasteiger partial charge in [0.2, 0.25) is 0 Å². The fraction of sp³-hybridized carbons (Fsp3) is 0.250. The number of amides is 1. The first-order valence-corrected chi connectivity index (χ1v) is 10.6. The van der Waals surface area contributed by atoms with Crippen molar-refractivity contribution in [1.29, 1.82) is 5.41 Å². The molecule has 0 spiro atoms. The second kappa shape index (κ2) is 8.05. The van der Waals surface area contributed by atoms with Crippen molar-refractivity contribution in [3.8, 4) is 5.69 Å². The van der Waals surface area contributed by atoms with Gasteiger partial charge < -0.3 is 10.1 Å². The van der Waals surface area contributed by atoms with Gasteiger partial charge in [-0.3, -0.25) is 24.0 Å². The summed E-state index contributed by atoms with van der Waals surface area (Å²) >= 11 is 0. The number of carbonyl (C=O) groups excluding carboxylic acids is 1. The van der Waals surface area contributed by atoms with E-state index in [1.807, 2.05) is 43.3 Å². The highest BCUT2D eigenvalue weighted by Crippen LogP contribution is 2.17. The Balaban J connectivity index is 1.75. The molecular formula is C24H23N5O3. The summed E-state index contributed by atoms with van der Waals surface area (Å²) in [7, 11) is 0. The molecule has 8 heteroatoms. The maximum absolute atomic E-state index is 13.4. The van der Waals surface area contributed by atoms with Gasteiger partial charge in [0.15, 0.2) is 5.65 Å². The van der Waals surface area contributed by atoms with E-state index in [1.54, 1.807) is 16.8 Å². The highest BCUT2D eigenvalue weighted by molar-refractivity contribution is 5.97. The molecule has 162 valence electrons. The summed E-state index contributed by atoms with van der Waals surface area (Å²) in [5, 5.41) is 12.0. The van der Waals surface area contributed by atoms with Crippen LogP contribution in [0.1, 0.15) is 28.8 Å². The van der Waals surface area contributed by atoms with Gasteiger partial charge in [-0.15, -0.1) is 0 Å². The molecule has 32 heavy (non-hydrogen) atoms. The van der Waals surface area contributed by atoms with Crippen molar-refractivity contribution in [1.82, 2.24) is 19.3 Å². The van der Waals surface area contributed by atoms with Crippen molar-refractivity contribution in [2.45, 2.75) is 25.9 Å². The lowest BCUT2D eigenvalue weighted by Gasteiger charge is -2.16. The number of ether oxygens (including phenoxy) is 1. The highest BCUT2D eigenvalue weighted by atomic mass is 16.5. The minimum absolute atomic E-state index is 0.0194. The van der Waals surface area contributed by atoms with Crippen molar-refractivity contribution in [3.05, 3.63) is 81.7 Å². The molecule has 1 amide bonds. The monoisotopic (exact) mass is 429 g/mol. The first-order valence-electron chi connectivity index (χ1n) is 10.6. The normalized spacial score (nSPS) is 16.0. The zero-order valence-electron chi connectivity index (χ0n) is 17.7. The number of rotatable bonds is 4. The Morgan fingerprint density at radius 3 is 2.78 bits per heavy atom. The molecule has 1 aliphatic heterocycles. The van der Waals surface area contributed by atoms with Gasteiger partial charge in [0.1, 0.15) is 11.1 Å². The fourth-order valence-corrected chi connectivity index (χ4v) is 4.14. The van der Waals surface area contributed by atoms with Crippen LogP contribution in [0.4, 0.5) is 0 Å². The van der Waals surface area contributed by atoms with Crippen LogP contribution in [0, 0.1) is 12.3 Å². The summed E-state index contributed by atoms with van der Waals surface area (Å²) in [5.41, 5.74) is 2.16. The van der Waals surface area contributed by atoms with Crippen molar-refractivity contribution in [2.24, 2.45) is 0 Å². The third-order valence-electron chi connectivity index (χ3n) is 5.82. The maximum Gasteiger partial charge on any atom is 0.267 e. The van der Waals surface area contributed by atoms with Crippen LogP contribution in [-0.2, 0) is 4.74 Å². The maximum atomic E-state index is 13.4. The topological polar surface area (TPSA) is 101 Å². The molecule has 4 aromatic rings. The summed E-state index contributed by atoms with van der Waals surface area (Å²) < 4.78 is 8.62. The Labute approximate surface area is 183 Å². The van der Waals surface area contributed by atoms with E-state index in [2.05, 4.69) is 5.32 Å². The SMILES string of the molecule is Cc1cccn2c(=O)c3cc(C(=O)NCC4CCCO4)c(=N)n(-c4ccccc4)c3nc12. The van der Waals surface area contributed by atoms with E-state index in [4.69, 9.17) is 15.1 Å². The van der Waals surface area contributed by atoms with Crippen LogP contribution in [0.25, 0.3) is 22.4 Å². The number of para-hydroxylation sites is 1. The standard InChI is InChI=1S/C24H23N5O3/c1-15-7-5-11-28-21(15)27-22-19(24(28)31)13-18(23(30)26-14-17-10-6-12-32-17)20(25)29(22)16-8-3-2-4-9-16/h2-5,7-9,11,13,17,25H,6,10,12,14H2,1H3,(H,26,30). The molecule has 1 saturated heterocycles. The van der Waals surface area contributed by atoms with Gasteiger partial charge >= 0.3 is 0 Å². The van der Waals surface area contributed by atoms with Crippen molar-refractivity contribution < 1.29 is 9.53 Å². The van der Waals surface area contributed by atoms with Gasteiger partial charge in [-0.2, -0.15) is 0 Å². The minimum atomic E-state index is -0.411. The number of hydrogen-bond acceptors (Lipinski definition) is 5. The van der Waals surface area contributed by atoms with Crippen LogP contribution < -0.4 is 16.4 Å². The number of aromatic nitrogens is 3. The van der Waals surface area contributed by atoms with E-state index in [-0.39, 0.29) is 28.1 Å². The highest BCUT2D eigenvalue weighted by Gasteiger charge is 2.21. The Hall–Kier alpha value is -3.78. The quantitative estimate of drug-likeness (QED) is 0.486. The molecule has 4 heterocycles. The number of benzene rings is 1. The van der Waals surface area contributed by atoms with Gasteiger partial charge in [-0.1, -0.05) is 24.3 Å². The van der Waals surface area contributed by atoms with Crippen LogP contribution in [0.3, 0.4) is 0 Å². The first kappa shape index (κ1) is 20.1. The molecule has 0 saturated carbocycles. The summed E-state index contributed by atoms with van der Waals surface area (Å²) in [6.45, 7) is 2.95. The van der Waals surface area contributed by atoms with E-state index in [9.17, 15) is 9.59 Å². The summed E-state index contributed by atoms with van der Waals surface area (Å²) in [4.78, 5) is 31.2. The molecule has 8 nitrogen and oxygen atoms in total. The molecule has 1 fully saturated rings. The lowest BCUT2D eigenvalue weighted by Crippen LogP contribution is -2.37. The van der Waals surface area contributed by atoms with Crippen molar-refractivity contribution >= 4 is 22.6 Å². The molecule has 1 aliphatic rings. The van der Waals surface area contributed by atoms with E-state index in [0.29, 0.717) is 30.1 Å². The van der Waals surface area contributed by atoms with Gasteiger partial charge in [-0.25, -0.2) is 4.98 Å². The Morgan fingerprint density at radius 2 is 2.03 bits per heavy atom. The molecule has 0 aliphatic carbocycles. The largest absolute Gasteiger partial charge is 0.376 e. The molecule has 1 atom stereocenters. The Kier molecular flexibility index (Phi) is 5.07. The minimum Gasteiger partial charge on any atom is -0.376 e. The van der Waals surface area contributed by atoms with Crippen LogP contribution in [-0.4, -0.2) is 39.1 Å². The van der Waals surface area contributed by atoms with Crippen LogP contribution in [0.2, 0.25) is 0 Å². The summed E-state index contributed by atoms with van der Waals surface area (Å²) in [6.07, 6.45) is 3.51. The molecule has 5 rings (SSSR count). The molecule has 1 aromatic carbocycles. The molecule has 2 N–H and O–H groups in total. The summed E-state index contributed by atoms with van der Waals surface area (Å²) in [5.74, 6) is -0.411. The number of fused-ring (bicyclic) bond motifs is 2. The third kappa shape index (κ3) is 3.38. The third-order valence-corrected chi connectivity index (χ3v) is 5.82. The van der Waals surface area contributed by atoms with E-state index >= 15 is 0 Å². The lowest BCUT2D eigenvalue weighted by atomic mass is 10.1. The predicted molar refractivity (Wildman–Crippen MR) is 120 cm³/mol. The predicted octanol–water partition coefficient (Wildman–Crippen LogP) is 2.34. The van der Waals surface area contributed by atoms with E-state index in [0.717, 1.165) is 18.4 Å². The van der Waals surface area contributed by atoms with Crippen LogP contribution in [0.15, 0.2) is 59.5 Å². The molecule has 1 unspecified atom stereocenters. The molecule has 0 bridgehead atoms. The molecule has 0 radical (unpaired) electrons. The van der Waals surface area contributed by atoms with E-state index in [1.165, 1.54) is 10.5 Å². The number of pyridine rings is 2. The van der Waals surface area contributed by atoms with Gasteiger partial charge in [0, 0.05) is 25.0 Å². The summed E-state index contributed by atoms with van der Waals surface area (Å²) in [6, 6.07) is 14.4. The number of nitrogens with one attached hydrogen (secondary N) is 2. The van der Waals surface area contributed by atoms with E-state index < -0.39 is 5.91 Å². The fourth-order valence-electron chi connectivity index (χ4n) is 4.14. The average Bonchev–Trinajstić information content (AvgIpc) is 3.32. The van der Waals surface area contributed by atoms with Gasteiger partial charge in [-0.05, 0) is 49.6 Å². The van der Waals surface area contributed by atoms with Crippen molar-refractivity contribution in [2.75, 3.05) is 13.2 Å². The van der Waals surface area contributed by atoms with Gasteiger partial charge in [0.25, 0.3) is 11.5 Å². The lowest BCUT2D eigenvalue weighted by molar-refractivity contribution is 0.0856. The number of nitrogens with zero attached hydrogens (tertiary/aromatic N) is 3. The van der Waals surface area contributed by atoms with Gasteiger partial charge in [0.05, 0.1) is 17.1 Å². The number of hydrogen-bond donors (Lipinski definition) is 2. The average molecular weight is 429 g/mol. The smallest absolute Gasteiger partial charge is 0.267 e. The number of aryl methyl sites for hydroxylation is 1. The molecule has 3 aromatic heterocycles. The molecular weight excluding hydrogens is 406 g/mol. The first-order chi connectivity index (χ1) is 15.5. The Bertz CT molecular complexity index is 1450. The second-order valence-corrected chi connectivity index (χ2v) is 7.96. The number of carbonyl (C=O) groups is 1. The van der Waals surface area contributed by atoms with Crippen molar-refractivity contribution in [3.63, 3.8) is 0 Å². The van der Waals surface area contributed by atoms with Crippen LogP contribution >= 0.6 is 0 Å².